The zero-order chi connectivity index (χ0) is 23.8. The molecule has 0 aliphatic carbocycles. The van der Waals surface area contributed by atoms with Gasteiger partial charge in [0.2, 0.25) is 5.88 Å². The molecule has 0 saturated carbocycles. The number of amides is 1. The van der Waals surface area contributed by atoms with Crippen molar-refractivity contribution in [3.8, 4) is 22.2 Å². The zero-order valence-electron chi connectivity index (χ0n) is 19.5. The molecule has 2 aromatic heterocycles. The van der Waals surface area contributed by atoms with Crippen LogP contribution in [0.2, 0.25) is 0 Å². The monoisotopic (exact) mass is 478 g/mol. The molecule has 0 saturated heterocycles. The number of aromatic nitrogens is 3. The summed E-state index contributed by atoms with van der Waals surface area (Å²) in [6, 6.07) is 8.00. The molecule has 2 aromatic carbocycles. The molecular weight excluding hydrogens is 452 g/mol. The van der Waals surface area contributed by atoms with E-state index in [1.807, 2.05) is 39.0 Å². The molecule has 1 atom stereocenters. The van der Waals surface area contributed by atoms with Crippen molar-refractivity contribution < 1.29 is 19.0 Å². The molecule has 1 N–H and O–H groups in total. The minimum Gasteiger partial charge on any atom is -0.486 e. The van der Waals surface area contributed by atoms with Gasteiger partial charge in [-0.1, -0.05) is 13.8 Å². The maximum Gasteiger partial charge on any atom is 0.407 e. The summed E-state index contributed by atoms with van der Waals surface area (Å²) in [5.41, 5.74) is 5.59. The molecule has 1 unspecified atom stereocenters. The van der Waals surface area contributed by atoms with Gasteiger partial charge in [0, 0.05) is 24.1 Å². The third-order valence-electron chi connectivity index (χ3n) is 5.61. The van der Waals surface area contributed by atoms with E-state index in [4.69, 9.17) is 19.2 Å². The van der Waals surface area contributed by atoms with Gasteiger partial charge in [-0.2, -0.15) is 0 Å². The quantitative estimate of drug-likeness (QED) is 0.421. The fourth-order valence-electron chi connectivity index (χ4n) is 4.01. The van der Waals surface area contributed by atoms with Crippen LogP contribution in [0.15, 0.2) is 30.5 Å². The number of methoxy groups -OCH3 is 1. The van der Waals surface area contributed by atoms with Crippen LogP contribution in [0.3, 0.4) is 0 Å². The van der Waals surface area contributed by atoms with E-state index in [0.29, 0.717) is 24.8 Å². The molecule has 8 nitrogen and oxygen atoms in total. The van der Waals surface area contributed by atoms with E-state index in [9.17, 15) is 4.79 Å². The van der Waals surface area contributed by atoms with Gasteiger partial charge in [-0.25, -0.2) is 19.7 Å². The number of benzene rings is 2. The summed E-state index contributed by atoms with van der Waals surface area (Å²) in [5.74, 6) is 1.67. The van der Waals surface area contributed by atoms with Gasteiger partial charge in [-0.3, -0.25) is 0 Å². The lowest BCUT2D eigenvalue weighted by molar-refractivity contribution is 0.0920. The number of alkyl carbamates (subject to hydrolysis) is 1. The van der Waals surface area contributed by atoms with Crippen molar-refractivity contribution in [1.29, 1.82) is 0 Å². The minimum atomic E-state index is -0.414. The molecule has 1 aliphatic heterocycles. The molecule has 4 aromatic rings. The molecule has 0 bridgehead atoms. The Balaban J connectivity index is 1.41. The number of carbonyl (C=O) groups excluding carboxylic acids is 1. The van der Waals surface area contributed by atoms with Crippen LogP contribution in [0.1, 0.15) is 25.0 Å². The fraction of sp³-hybridized carbons (Fsp3) is 0.360. The maximum atomic E-state index is 11.9. The van der Waals surface area contributed by atoms with Gasteiger partial charge in [0.1, 0.15) is 23.5 Å². The van der Waals surface area contributed by atoms with Crippen molar-refractivity contribution in [2.45, 2.75) is 33.3 Å². The molecule has 34 heavy (non-hydrogen) atoms. The van der Waals surface area contributed by atoms with Crippen molar-refractivity contribution >= 4 is 38.7 Å². The van der Waals surface area contributed by atoms with Gasteiger partial charge in [0.25, 0.3) is 0 Å². The Morgan fingerprint density at radius 1 is 1.26 bits per heavy atom. The first-order chi connectivity index (χ1) is 16.4. The van der Waals surface area contributed by atoms with Crippen molar-refractivity contribution in [3.05, 3.63) is 41.6 Å². The van der Waals surface area contributed by atoms with E-state index in [1.165, 1.54) is 0 Å². The van der Waals surface area contributed by atoms with E-state index in [0.717, 1.165) is 48.7 Å². The number of ether oxygens (including phenoxy) is 3. The predicted octanol–water partition coefficient (Wildman–Crippen LogP) is 4.91. The topological polar surface area (TPSA) is 95.5 Å². The molecule has 0 fully saturated rings. The average Bonchev–Trinajstić information content (AvgIpc) is 3.44. The summed E-state index contributed by atoms with van der Waals surface area (Å²) in [5, 5.41) is 3.64. The molecule has 5 rings (SSSR count). The van der Waals surface area contributed by atoms with Gasteiger partial charge < -0.3 is 19.5 Å². The van der Waals surface area contributed by atoms with Crippen molar-refractivity contribution in [2.75, 3.05) is 20.3 Å². The number of hydrogen-bond acceptors (Lipinski definition) is 8. The number of nitrogens with zero attached hydrogens (tertiary/aromatic N) is 3. The number of thiazole rings is 1. The van der Waals surface area contributed by atoms with E-state index in [-0.39, 0.29) is 12.7 Å². The number of nitrogens with one attached hydrogen (secondary N) is 1. The molecule has 3 heterocycles. The first-order valence-corrected chi connectivity index (χ1v) is 12.0. The van der Waals surface area contributed by atoms with Gasteiger partial charge in [0.05, 0.1) is 34.6 Å². The van der Waals surface area contributed by atoms with Crippen LogP contribution < -0.4 is 14.8 Å². The Hall–Kier alpha value is -3.46. The maximum absolute atomic E-state index is 11.9. The van der Waals surface area contributed by atoms with Gasteiger partial charge >= 0.3 is 6.09 Å². The molecule has 1 aliphatic rings. The lowest BCUT2D eigenvalue weighted by Gasteiger charge is -2.12. The highest BCUT2D eigenvalue weighted by Gasteiger charge is 2.28. The second kappa shape index (κ2) is 9.06. The lowest BCUT2D eigenvalue weighted by Crippen LogP contribution is -2.31. The van der Waals surface area contributed by atoms with Gasteiger partial charge in [0.15, 0.2) is 0 Å². The van der Waals surface area contributed by atoms with Gasteiger partial charge in [-0.05, 0) is 42.7 Å². The molecule has 1 amide bonds. The van der Waals surface area contributed by atoms with Crippen LogP contribution >= 0.6 is 11.3 Å². The van der Waals surface area contributed by atoms with Crippen molar-refractivity contribution in [2.24, 2.45) is 5.92 Å². The van der Waals surface area contributed by atoms with Crippen LogP contribution in [-0.4, -0.2) is 47.4 Å². The standard InChI is InChI=1S/C25H26N4O4S/c1-13(2)10-27-25(30)32-12-15-9-16-20(33-15)6-5-18-23(16)34-24(29-18)17-7-14(3)8-19-22(17)26-11-21(28-19)31-4/h5-8,11,13,15H,9-10,12H2,1-4H3,(H,27,30). The SMILES string of the molecule is COc1cnc2c(-c3nc4ccc5c(c4s3)CC(COC(=O)NCC(C)C)O5)cc(C)cc2n1. The second-order valence-corrected chi connectivity index (χ2v) is 9.82. The largest absolute Gasteiger partial charge is 0.486 e. The summed E-state index contributed by atoms with van der Waals surface area (Å²) >= 11 is 1.62. The van der Waals surface area contributed by atoms with Crippen LogP contribution in [0.5, 0.6) is 11.6 Å². The zero-order valence-corrected chi connectivity index (χ0v) is 20.4. The predicted molar refractivity (Wildman–Crippen MR) is 132 cm³/mol. The smallest absolute Gasteiger partial charge is 0.407 e. The fourth-order valence-corrected chi connectivity index (χ4v) is 5.13. The first-order valence-electron chi connectivity index (χ1n) is 11.2. The third-order valence-corrected chi connectivity index (χ3v) is 6.77. The van der Waals surface area contributed by atoms with E-state index < -0.39 is 6.09 Å². The van der Waals surface area contributed by atoms with E-state index >= 15 is 0 Å². The summed E-state index contributed by atoms with van der Waals surface area (Å²) in [6.07, 6.45) is 1.66. The molecule has 0 spiro atoms. The Morgan fingerprint density at radius 2 is 2.12 bits per heavy atom. The second-order valence-electron chi connectivity index (χ2n) is 8.82. The summed E-state index contributed by atoms with van der Waals surface area (Å²) in [4.78, 5) is 25.9. The molecule has 9 heteroatoms. The number of carbonyl (C=O) groups is 1. The van der Waals surface area contributed by atoms with Crippen LogP contribution in [0.25, 0.3) is 31.8 Å². The third kappa shape index (κ3) is 4.35. The Labute approximate surface area is 201 Å². The van der Waals surface area contributed by atoms with Crippen molar-refractivity contribution in [1.82, 2.24) is 20.3 Å². The number of fused-ring (bicyclic) bond motifs is 4. The highest BCUT2D eigenvalue weighted by atomic mass is 32.1. The highest BCUT2D eigenvalue weighted by molar-refractivity contribution is 7.22. The molecule has 0 radical (unpaired) electrons. The van der Waals surface area contributed by atoms with E-state index in [2.05, 4.69) is 21.4 Å². The molecule has 176 valence electrons. The van der Waals surface area contributed by atoms with Gasteiger partial charge in [-0.15, -0.1) is 11.3 Å². The number of rotatable bonds is 6. The van der Waals surface area contributed by atoms with Crippen LogP contribution in [0, 0.1) is 12.8 Å². The Kier molecular flexibility index (Phi) is 5.95. The minimum absolute atomic E-state index is 0.200. The normalized spacial score (nSPS) is 14.9. The summed E-state index contributed by atoms with van der Waals surface area (Å²) in [6.45, 7) is 6.89. The average molecular weight is 479 g/mol. The Morgan fingerprint density at radius 3 is 2.91 bits per heavy atom. The number of hydrogen-bond donors (Lipinski definition) is 1. The number of aryl methyl sites for hydroxylation is 1. The van der Waals surface area contributed by atoms with Crippen LogP contribution in [0.4, 0.5) is 4.79 Å². The van der Waals surface area contributed by atoms with E-state index in [1.54, 1.807) is 24.6 Å². The lowest BCUT2D eigenvalue weighted by atomic mass is 10.1. The van der Waals surface area contributed by atoms with Crippen LogP contribution in [-0.2, 0) is 11.2 Å². The highest BCUT2D eigenvalue weighted by Crippen LogP contribution is 2.41. The van der Waals surface area contributed by atoms with Crippen molar-refractivity contribution in [3.63, 3.8) is 0 Å². The molecular formula is C25H26N4O4S. The first kappa shape index (κ1) is 22.3. The Bertz CT molecular complexity index is 1380. The summed E-state index contributed by atoms with van der Waals surface area (Å²) in [7, 11) is 1.58. The summed E-state index contributed by atoms with van der Waals surface area (Å²) < 4.78 is 17.7.